The second-order valence-electron chi connectivity index (χ2n) is 7.91. The topological polar surface area (TPSA) is 47.6 Å². The van der Waals surface area contributed by atoms with Crippen molar-refractivity contribution >= 4 is 5.91 Å². The number of carbonyl (C=O) groups is 1. The van der Waals surface area contributed by atoms with Crippen LogP contribution >= 0.6 is 0 Å². The van der Waals surface area contributed by atoms with Gasteiger partial charge in [0.25, 0.3) is 0 Å². The summed E-state index contributed by atoms with van der Waals surface area (Å²) < 4.78 is 11.7. The molecule has 1 aromatic carbocycles. The predicted molar refractivity (Wildman–Crippen MR) is 104 cm³/mol. The van der Waals surface area contributed by atoms with Crippen LogP contribution in [-0.2, 0) is 4.79 Å². The van der Waals surface area contributed by atoms with E-state index < -0.39 is 0 Å². The normalized spacial score (nSPS) is 25.1. The molecule has 4 nitrogen and oxygen atoms in total. The van der Waals surface area contributed by atoms with E-state index in [1.165, 1.54) is 19.3 Å². The van der Waals surface area contributed by atoms with Crippen LogP contribution in [0.3, 0.4) is 0 Å². The summed E-state index contributed by atoms with van der Waals surface area (Å²) in [6.45, 7) is 7.58. The van der Waals surface area contributed by atoms with Crippen LogP contribution in [0.1, 0.15) is 70.9 Å². The number of ether oxygens (including phenoxy) is 2. The fraction of sp³-hybridized carbons (Fsp3) is 0.682. The lowest BCUT2D eigenvalue weighted by molar-refractivity contribution is -0.127. The molecule has 0 aromatic heterocycles. The van der Waals surface area contributed by atoms with E-state index >= 15 is 0 Å². The van der Waals surface area contributed by atoms with E-state index in [4.69, 9.17) is 9.47 Å². The first-order chi connectivity index (χ1) is 12.6. The fourth-order valence-electron chi connectivity index (χ4n) is 4.42. The third-order valence-electron chi connectivity index (χ3n) is 5.82. The van der Waals surface area contributed by atoms with Crippen molar-refractivity contribution in [1.29, 1.82) is 0 Å². The average molecular weight is 360 g/mol. The van der Waals surface area contributed by atoms with Crippen molar-refractivity contribution in [2.24, 2.45) is 17.8 Å². The Bertz CT molecular complexity index is 615. The number of nitrogens with one attached hydrogen (secondary N) is 1. The number of carbonyl (C=O) groups excluding carboxylic acids is 1. The Morgan fingerprint density at radius 3 is 2.46 bits per heavy atom. The standard InChI is InChI=1S/C22H33NO3/c1-4-10-25-20-9-8-17(14-21(20)26-11-5-2)15(3)23-22(24)19-13-16-6-7-18(19)12-16/h8-9,14-16,18-19H,4-7,10-13H2,1-3H3,(H,23,24). The van der Waals surface area contributed by atoms with E-state index in [1.54, 1.807) is 0 Å². The maximum absolute atomic E-state index is 12.7. The molecule has 2 fully saturated rings. The lowest BCUT2D eigenvalue weighted by Gasteiger charge is -2.24. The Labute approximate surface area is 157 Å². The van der Waals surface area contributed by atoms with Gasteiger partial charge in [-0.05, 0) is 68.6 Å². The van der Waals surface area contributed by atoms with Crippen LogP contribution in [0.5, 0.6) is 11.5 Å². The summed E-state index contributed by atoms with van der Waals surface area (Å²) in [4.78, 5) is 12.7. The highest BCUT2D eigenvalue weighted by Gasteiger charge is 2.43. The minimum atomic E-state index is -0.0224. The summed E-state index contributed by atoms with van der Waals surface area (Å²) in [5.41, 5.74) is 1.07. The Hall–Kier alpha value is -1.71. The second-order valence-corrected chi connectivity index (χ2v) is 7.91. The minimum Gasteiger partial charge on any atom is -0.490 e. The highest BCUT2D eigenvalue weighted by molar-refractivity contribution is 5.80. The van der Waals surface area contributed by atoms with Crippen molar-refractivity contribution in [2.45, 2.75) is 65.3 Å². The zero-order valence-electron chi connectivity index (χ0n) is 16.4. The quantitative estimate of drug-likeness (QED) is 0.684. The molecule has 3 rings (SSSR count). The van der Waals surface area contributed by atoms with Gasteiger partial charge in [-0.3, -0.25) is 4.79 Å². The molecule has 1 N–H and O–H groups in total. The molecule has 4 unspecified atom stereocenters. The summed E-state index contributed by atoms with van der Waals surface area (Å²) in [5, 5.41) is 3.23. The van der Waals surface area contributed by atoms with Crippen LogP contribution in [0.25, 0.3) is 0 Å². The van der Waals surface area contributed by atoms with Crippen LogP contribution < -0.4 is 14.8 Å². The molecule has 144 valence electrons. The maximum Gasteiger partial charge on any atom is 0.223 e. The van der Waals surface area contributed by atoms with E-state index in [-0.39, 0.29) is 17.9 Å². The van der Waals surface area contributed by atoms with Gasteiger partial charge in [-0.2, -0.15) is 0 Å². The average Bonchev–Trinajstić information content (AvgIpc) is 3.28. The fourth-order valence-corrected chi connectivity index (χ4v) is 4.42. The molecule has 26 heavy (non-hydrogen) atoms. The third kappa shape index (κ3) is 4.33. The van der Waals surface area contributed by atoms with Crippen molar-refractivity contribution in [3.8, 4) is 11.5 Å². The molecule has 1 amide bonds. The zero-order chi connectivity index (χ0) is 18.5. The first-order valence-corrected chi connectivity index (χ1v) is 10.3. The number of benzene rings is 1. The largest absolute Gasteiger partial charge is 0.490 e. The van der Waals surface area contributed by atoms with Crippen molar-refractivity contribution in [1.82, 2.24) is 5.32 Å². The predicted octanol–water partition coefficient (Wildman–Crippen LogP) is 4.88. The number of rotatable bonds is 9. The van der Waals surface area contributed by atoms with Crippen molar-refractivity contribution in [3.05, 3.63) is 23.8 Å². The van der Waals surface area contributed by atoms with E-state index in [0.29, 0.717) is 19.1 Å². The van der Waals surface area contributed by atoms with Crippen LogP contribution in [0, 0.1) is 17.8 Å². The molecule has 4 heteroatoms. The Morgan fingerprint density at radius 2 is 1.85 bits per heavy atom. The molecule has 2 bridgehead atoms. The van der Waals surface area contributed by atoms with Crippen LogP contribution in [0.4, 0.5) is 0 Å². The molecule has 0 radical (unpaired) electrons. The zero-order valence-corrected chi connectivity index (χ0v) is 16.4. The highest BCUT2D eigenvalue weighted by Crippen LogP contribution is 2.48. The molecular formula is C22H33NO3. The van der Waals surface area contributed by atoms with Gasteiger partial charge in [-0.25, -0.2) is 0 Å². The molecular weight excluding hydrogens is 326 g/mol. The van der Waals surface area contributed by atoms with Gasteiger partial charge in [0.1, 0.15) is 0 Å². The van der Waals surface area contributed by atoms with E-state index in [2.05, 4.69) is 26.1 Å². The third-order valence-corrected chi connectivity index (χ3v) is 5.82. The Morgan fingerprint density at radius 1 is 1.12 bits per heavy atom. The second kappa shape index (κ2) is 8.79. The molecule has 0 spiro atoms. The monoisotopic (exact) mass is 359 g/mol. The van der Waals surface area contributed by atoms with Crippen LogP contribution in [0.2, 0.25) is 0 Å². The number of amides is 1. The molecule has 2 saturated carbocycles. The molecule has 0 aliphatic heterocycles. The molecule has 2 aliphatic carbocycles. The molecule has 0 saturated heterocycles. The molecule has 1 aromatic rings. The van der Waals surface area contributed by atoms with Gasteiger partial charge in [-0.15, -0.1) is 0 Å². The van der Waals surface area contributed by atoms with Gasteiger partial charge in [0.05, 0.1) is 19.3 Å². The van der Waals surface area contributed by atoms with Crippen molar-refractivity contribution in [2.75, 3.05) is 13.2 Å². The van der Waals surface area contributed by atoms with Crippen LogP contribution in [0.15, 0.2) is 18.2 Å². The van der Waals surface area contributed by atoms with E-state index in [9.17, 15) is 4.79 Å². The van der Waals surface area contributed by atoms with Crippen LogP contribution in [-0.4, -0.2) is 19.1 Å². The van der Waals surface area contributed by atoms with Gasteiger partial charge >= 0.3 is 0 Å². The Balaban J connectivity index is 1.65. The summed E-state index contributed by atoms with van der Waals surface area (Å²) in [5.74, 6) is 3.41. The lowest BCUT2D eigenvalue weighted by Crippen LogP contribution is -2.35. The highest BCUT2D eigenvalue weighted by atomic mass is 16.5. The summed E-state index contributed by atoms with van der Waals surface area (Å²) >= 11 is 0. The first-order valence-electron chi connectivity index (χ1n) is 10.3. The van der Waals surface area contributed by atoms with Crippen molar-refractivity contribution < 1.29 is 14.3 Å². The molecule has 4 atom stereocenters. The van der Waals surface area contributed by atoms with E-state index in [0.717, 1.165) is 42.2 Å². The smallest absolute Gasteiger partial charge is 0.223 e. The van der Waals surface area contributed by atoms with Gasteiger partial charge < -0.3 is 14.8 Å². The van der Waals surface area contributed by atoms with E-state index in [1.807, 2.05) is 18.2 Å². The molecule has 2 aliphatic rings. The van der Waals surface area contributed by atoms with Gasteiger partial charge in [-0.1, -0.05) is 26.3 Å². The summed E-state index contributed by atoms with van der Waals surface area (Å²) in [6.07, 6.45) is 6.80. The lowest BCUT2D eigenvalue weighted by atomic mass is 9.88. The number of hydrogen-bond acceptors (Lipinski definition) is 3. The summed E-state index contributed by atoms with van der Waals surface area (Å²) in [6, 6.07) is 6.00. The Kier molecular flexibility index (Phi) is 6.44. The summed E-state index contributed by atoms with van der Waals surface area (Å²) in [7, 11) is 0. The molecule has 0 heterocycles. The number of fused-ring (bicyclic) bond motifs is 2. The minimum absolute atomic E-state index is 0.0224. The SMILES string of the molecule is CCCOc1ccc(C(C)NC(=O)C2CC3CCC2C3)cc1OCCC. The number of hydrogen-bond donors (Lipinski definition) is 1. The maximum atomic E-state index is 12.7. The van der Waals surface area contributed by atoms with Gasteiger partial charge in [0, 0.05) is 5.92 Å². The van der Waals surface area contributed by atoms with Crippen molar-refractivity contribution in [3.63, 3.8) is 0 Å². The first kappa shape index (κ1) is 19.1. The van der Waals surface area contributed by atoms with Gasteiger partial charge in [0.2, 0.25) is 5.91 Å². The van der Waals surface area contributed by atoms with Gasteiger partial charge in [0.15, 0.2) is 11.5 Å².